The van der Waals surface area contributed by atoms with Gasteiger partial charge in [-0.15, -0.1) is 11.6 Å². The number of imidazole rings is 1. The van der Waals surface area contributed by atoms with Crippen molar-refractivity contribution in [3.8, 4) is 0 Å². The lowest BCUT2D eigenvalue weighted by Crippen LogP contribution is -2.48. The summed E-state index contributed by atoms with van der Waals surface area (Å²) < 4.78 is 15.9. The molecule has 1 aromatic rings. The van der Waals surface area contributed by atoms with Crippen molar-refractivity contribution in [3.05, 3.63) is 18.7 Å². The first-order chi connectivity index (χ1) is 13.9. The molecule has 6 unspecified atom stereocenters. The molecule has 4 nitrogen and oxygen atoms in total. The SMILES string of the molecule is CC1(NC(=O)C2CC(Cn3ccnc3)CC(C3CCC(F)CC3Cl)C2)CCCC1. The summed E-state index contributed by atoms with van der Waals surface area (Å²) in [6, 6.07) is 0. The van der Waals surface area contributed by atoms with Crippen molar-refractivity contribution in [2.24, 2.45) is 23.7 Å². The van der Waals surface area contributed by atoms with Gasteiger partial charge in [-0.25, -0.2) is 9.37 Å². The maximum Gasteiger partial charge on any atom is 0.223 e. The summed E-state index contributed by atoms with van der Waals surface area (Å²) in [5.41, 5.74) is -0.0365. The Balaban J connectivity index is 1.46. The summed E-state index contributed by atoms with van der Waals surface area (Å²) in [5.74, 6) is 1.42. The van der Waals surface area contributed by atoms with E-state index in [1.54, 1.807) is 0 Å². The van der Waals surface area contributed by atoms with Crippen LogP contribution in [0.3, 0.4) is 0 Å². The summed E-state index contributed by atoms with van der Waals surface area (Å²) >= 11 is 6.63. The van der Waals surface area contributed by atoms with Gasteiger partial charge in [0.05, 0.1) is 6.33 Å². The van der Waals surface area contributed by atoms with Crippen LogP contribution in [0, 0.1) is 23.7 Å². The first kappa shape index (κ1) is 21.1. The van der Waals surface area contributed by atoms with Crippen molar-refractivity contribution in [2.45, 2.75) is 94.8 Å². The van der Waals surface area contributed by atoms with E-state index in [0.717, 1.165) is 45.1 Å². The van der Waals surface area contributed by atoms with Gasteiger partial charge >= 0.3 is 0 Å². The van der Waals surface area contributed by atoms with Crippen molar-refractivity contribution in [2.75, 3.05) is 0 Å². The predicted molar refractivity (Wildman–Crippen MR) is 113 cm³/mol. The highest BCUT2D eigenvalue weighted by molar-refractivity contribution is 6.20. The highest BCUT2D eigenvalue weighted by atomic mass is 35.5. The second-order valence-corrected chi connectivity index (χ2v) is 10.7. The molecule has 1 aromatic heterocycles. The number of nitrogens with zero attached hydrogens (tertiary/aromatic N) is 2. The van der Waals surface area contributed by atoms with Gasteiger partial charge in [0.2, 0.25) is 5.91 Å². The van der Waals surface area contributed by atoms with E-state index >= 15 is 0 Å². The molecule has 0 radical (unpaired) electrons. The van der Waals surface area contributed by atoms with Crippen LogP contribution in [0.4, 0.5) is 4.39 Å². The zero-order valence-corrected chi connectivity index (χ0v) is 18.3. The van der Waals surface area contributed by atoms with Gasteiger partial charge in [-0.2, -0.15) is 0 Å². The molecule has 6 atom stereocenters. The Bertz CT molecular complexity index is 676. The van der Waals surface area contributed by atoms with E-state index in [4.69, 9.17) is 11.6 Å². The number of halogens is 2. The van der Waals surface area contributed by atoms with Crippen molar-refractivity contribution in [1.29, 1.82) is 0 Å². The van der Waals surface area contributed by atoms with Gasteiger partial charge in [-0.3, -0.25) is 4.79 Å². The van der Waals surface area contributed by atoms with E-state index in [1.165, 1.54) is 12.8 Å². The summed E-state index contributed by atoms with van der Waals surface area (Å²) in [6.07, 6.45) is 14.3. The fourth-order valence-electron chi connectivity index (χ4n) is 6.19. The number of alkyl halides is 2. The Kier molecular flexibility index (Phi) is 6.53. The molecule has 29 heavy (non-hydrogen) atoms. The first-order valence-electron chi connectivity index (χ1n) is 11.5. The average Bonchev–Trinajstić information content (AvgIpc) is 3.33. The number of nitrogens with one attached hydrogen (secondary N) is 1. The summed E-state index contributed by atoms with van der Waals surface area (Å²) in [6.45, 7) is 3.08. The molecule has 1 N–H and O–H groups in total. The zero-order chi connectivity index (χ0) is 20.4. The fourth-order valence-corrected chi connectivity index (χ4v) is 6.72. The van der Waals surface area contributed by atoms with E-state index in [-0.39, 0.29) is 22.7 Å². The molecule has 3 saturated carbocycles. The number of amides is 1. The van der Waals surface area contributed by atoms with Crippen LogP contribution in [0.1, 0.15) is 71.1 Å². The number of rotatable bonds is 5. The van der Waals surface area contributed by atoms with Crippen LogP contribution in [-0.2, 0) is 11.3 Å². The highest BCUT2D eigenvalue weighted by Gasteiger charge is 2.42. The largest absolute Gasteiger partial charge is 0.351 e. The lowest BCUT2D eigenvalue weighted by Gasteiger charge is -2.42. The van der Waals surface area contributed by atoms with Crippen LogP contribution in [-0.4, -0.2) is 32.5 Å². The molecule has 162 valence electrons. The Morgan fingerprint density at radius 1 is 1.24 bits per heavy atom. The quantitative estimate of drug-likeness (QED) is 0.669. The Labute approximate surface area is 179 Å². The van der Waals surface area contributed by atoms with Crippen LogP contribution in [0.15, 0.2) is 18.7 Å². The van der Waals surface area contributed by atoms with Crippen LogP contribution in [0.5, 0.6) is 0 Å². The van der Waals surface area contributed by atoms with Crippen LogP contribution in [0.25, 0.3) is 0 Å². The molecular formula is C23H35ClFN3O. The molecule has 0 saturated heterocycles. The van der Waals surface area contributed by atoms with Gasteiger partial charge in [-0.1, -0.05) is 12.8 Å². The third-order valence-electron chi connectivity index (χ3n) is 7.74. The molecule has 4 rings (SSSR count). The lowest BCUT2D eigenvalue weighted by molar-refractivity contribution is -0.129. The zero-order valence-electron chi connectivity index (χ0n) is 17.5. The average molecular weight is 424 g/mol. The molecular weight excluding hydrogens is 389 g/mol. The third-order valence-corrected chi connectivity index (χ3v) is 8.24. The van der Waals surface area contributed by atoms with E-state index in [1.807, 2.05) is 18.7 Å². The van der Waals surface area contributed by atoms with Crippen molar-refractivity contribution in [1.82, 2.24) is 14.9 Å². The summed E-state index contributed by atoms with van der Waals surface area (Å²) in [7, 11) is 0. The molecule has 0 aliphatic heterocycles. The fraction of sp³-hybridized carbons (Fsp3) is 0.826. The first-order valence-corrected chi connectivity index (χ1v) is 11.9. The maximum atomic E-state index is 13.8. The Morgan fingerprint density at radius 3 is 2.72 bits per heavy atom. The van der Waals surface area contributed by atoms with Gasteiger partial charge in [0.15, 0.2) is 0 Å². The Hall–Kier alpha value is -1.10. The molecule has 0 bridgehead atoms. The molecule has 0 aromatic carbocycles. The third kappa shape index (κ3) is 5.15. The van der Waals surface area contributed by atoms with Crippen molar-refractivity contribution in [3.63, 3.8) is 0 Å². The minimum atomic E-state index is -0.763. The van der Waals surface area contributed by atoms with Crippen molar-refractivity contribution >= 4 is 17.5 Å². The second kappa shape index (κ2) is 8.95. The van der Waals surface area contributed by atoms with Gasteiger partial charge in [-0.05, 0) is 76.0 Å². The van der Waals surface area contributed by atoms with Gasteiger partial charge in [0.25, 0.3) is 0 Å². The van der Waals surface area contributed by atoms with Crippen LogP contribution < -0.4 is 5.32 Å². The van der Waals surface area contributed by atoms with E-state index < -0.39 is 6.17 Å². The lowest BCUT2D eigenvalue weighted by atomic mass is 9.66. The van der Waals surface area contributed by atoms with Crippen LogP contribution >= 0.6 is 11.6 Å². The topological polar surface area (TPSA) is 46.9 Å². The molecule has 1 heterocycles. The number of aromatic nitrogens is 2. The summed E-state index contributed by atoms with van der Waals surface area (Å²) in [4.78, 5) is 17.4. The van der Waals surface area contributed by atoms with E-state index in [2.05, 4.69) is 21.8 Å². The second-order valence-electron chi connectivity index (χ2n) is 10.1. The number of carbonyl (C=O) groups is 1. The normalized spacial score (nSPS) is 37.3. The van der Waals surface area contributed by atoms with E-state index in [0.29, 0.717) is 30.6 Å². The monoisotopic (exact) mass is 423 g/mol. The smallest absolute Gasteiger partial charge is 0.223 e. The van der Waals surface area contributed by atoms with Gasteiger partial charge < -0.3 is 9.88 Å². The predicted octanol–water partition coefficient (Wildman–Crippen LogP) is 5.11. The summed E-state index contributed by atoms with van der Waals surface area (Å²) in [5, 5.41) is 3.29. The molecule has 3 aliphatic carbocycles. The molecule has 6 heteroatoms. The number of hydrogen-bond acceptors (Lipinski definition) is 2. The van der Waals surface area contributed by atoms with Crippen molar-refractivity contribution < 1.29 is 9.18 Å². The maximum absolute atomic E-state index is 13.8. The standard InChI is InChI=1S/C23H35ClFN3O/c1-23(6-2-3-7-23)27-22(29)18-11-16(14-28-9-8-26-15-28)10-17(12-18)20-5-4-19(25)13-21(20)24/h8-9,15-21H,2-7,10-14H2,1H3,(H,27,29). The molecule has 3 aliphatic rings. The number of carbonyl (C=O) groups excluding carboxylic acids is 1. The van der Waals surface area contributed by atoms with E-state index in [9.17, 15) is 9.18 Å². The number of hydrogen-bond donors (Lipinski definition) is 1. The van der Waals surface area contributed by atoms with Gasteiger partial charge in [0.1, 0.15) is 6.17 Å². The van der Waals surface area contributed by atoms with Gasteiger partial charge in [0, 0.05) is 35.8 Å². The molecule has 1 amide bonds. The van der Waals surface area contributed by atoms with Crippen LogP contribution in [0.2, 0.25) is 0 Å². The molecule has 0 spiro atoms. The molecule has 3 fully saturated rings. The minimum absolute atomic E-state index is 0.0339. The minimum Gasteiger partial charge on any atom is -0.351 e. The highest BCUT2D eigenvalue weighted by Crippen LogP contribution is 2.45. The Morgan fingerprint density at radius 2 is 2.03 bits per heavy atom.